The summed E-state index contributed by atoms with van der Waals surface area (Å²) in [7, 11) is 1.77. The zero-order valence-electron chi connectivity index (χ0n) is 23.8. The van der Waals surface area contributed by atoms with Gasteiger partial charge in [-0.15, -0.1) is 5.10 Å². The van der Waals surface area contributed by atoms with Gasteiger partial charge in [-0.2, -0.15) is 0 Å². The number of aromatic nitrogens is 4. The summed E-state index contributed by atoms with van der Waals surface area (Å²) in [6.07, 6.45) is 3.99. The Morgan fingerprint density at radius 3 is 2.63 bits per heavy atom. The highest BCUT2D eigenvalue weighted by Gasteiger charge is 2.33. The number of likely N-dealkylation sites (tertiary alicyclic amines) is 2. The monoisotopic (exact) mass is 562 g/mol. The van der Waals surface area contributed by atoms with Crippen LogP contribution in [0.4, 0.5) is 14.9 Å². The van der Waals surface area contributed by atoms with E-state index in [-0.39, 0.29) is 29.6 Å². The molecule has 218 valence electrons. The van der Waals surface area contributed by atoms with Gasteiger partial charge in [-0.05, 0) is 85.3 Å². The van der Waals surface area contributed by atoms with Crippen LogP contribution in [0.1, 0.15) is 31.7 Å². The molecule has 2 N–H and O–H groups in total. The number of aryl methyl sites for hydroxylation is 1. The molecule has 0 aliphatic carbocycles. The fourth-order valence-electron chi connectivity index (χ4n) is 6.26. The van der Waals surface area contributed by atoms with Crippen molar-refractivity contribution >= 4 is 17.5 Å². The zero-order valence-corrected chi connectivity index (χ0v) is 23.8. The van der Waals surface area contributed by atoms with Crippen LogP contribution < -0.4 is 10.6 Å². The number of benzene rings is 2. The number of Topliss-reactive ketones (excluding diaryl/α,β-unsaturated/α-hetero) is 1. The molecule has 1 unspecified atom stereocenters. The van der Waals surface area contributed by atoms with E-state index in [9.17, 15) is 14.0 Å². The molecule has 2 aromatic carbocycles. The van der Waals surface area contributed by atoms with Gasteiger partial charge >= 0.3 is 6.03 Å². The van der Waals surface area contributed by atoms with Crippen LogP contribution in [0.25, 0.3) is 11.4 Å². The predicted molar refractivity (Wildman–Crippen MR) is 155 cm³/mol. The number of nitrogens with one attached hydrogen (secondary N) is 2. The molecule has 0 radical (unpaired) electrons. The van der Waals surface area contributed by atoms with Crippen LogP contribution >= 0.6 is 0 Å². The highest BCUT2D eigenvalue weighted by atomic mass is 19.1. The van der Waals surface area contributed by atoms with Crippen molar-refractivity contribution in [2.24, 2.45) is 18.9 Å². The number of carbonyl (C=O) groups excluding carboxylic acids is 2. The standard InChI is InChI=1S/C30H39FN8O2/c1-21(40)17-39-14-12-28(33-30(41)32-27-7-3-6-24(16-27)29-34-35-36-37(29)2)25(20-39)19-38-13-4-5-23(18-38)15-22-8-10-26(31)11-9-22/h3,6-11,16,23,25,28H,4-5,12-15,17-20H2,1-2H3,(H2,32,33,41)/t23?,25-,28-/m1/s1. The summed E-state index contributed by atoms with van der Waals surface area (Å²) in [6, 6.07) is 14.0. The minimum atomic E-state index is -0.249. The third-order valence-electron chi connectivity index (χ3n) is 8.11. The van der Waals surface area contributed by atoms with Gasteiger partial charge in [0.05, 0.1) is 6.54 Å². The van der Waals surface area contributed by atoms with Crippen molar-refractivity contribution in [1.82, 2.24) is 35.3 Å². The van der Waals surface area contributed by atoms with Gasteiger partial charge in [-0.1, -0.05) is 24.3 Å². The summed E-state index contributed by atoms with van der Waals surface area (Å²) in [4.78, 5) is 29.7. The molecule has 10 nitrogen and oxygen atoms in total. The summed E-state index contributed by atoms with van der Waals surface area (Å²) in [5.41, 5.74) is 2.64. The molecule has 0 saturated carbocycles. The van der Waals surface area contributed by atoms with E-state index in [4.69, 9.17) is 0 Å². The fourth-order valence-corrected chi connectivity index (χ4v) is 6.26. The van der Waals surface area contributed by atoms with Crippen molar-refractivity contribution in [3.8, 4) is 11.4 Å². The molecular formula is C30H39FN8O2. The average Bonchev–Trinajstić information content (AvgIpc) is 3.37. The molecule has 3 heterocycles. The number of ketones is 1. The van der Waals surface area contributed by atoms with E-state index in [1.54, 1.807) is 18.7 Å². The van der Waals surface area contributed by atoms with Crippen LogP contribution in [0.3, 0.4) is 0 Å². The van der Waals surface area contributed by atoms with Crippen LogP contribution in [-0.4, -0.2) is 87.1 Å². The molecule has 2 saturated heterocycles. The number of piperidine rings is 2. The Kier molecular flexibility index (Phi) is 9.35. The lowest BCUT2D eigenvalue weighted by atomic mass is 9.88. The molecule has 0 spiro atoms. The number of hydrogen-bond acceptors (Lipinski definition) is 7. The Hall–Kier alpha value is -3.70. The molecule has 2 amide bonds. The maximum absolute atomic E-state index is 13.4. The number of tetrazole rings is 1. The molecule has 2 aliphatic heterocycles. The van der Waals surface area contributed by atoms with Crippen molar-refractivity contribution in [3.63, 3.8) is 0 Å². The molecule has 2 fully saturated rings. The van der Waals surface area contributed by atoms with Crippen molar-refractivity contribution in [2.45, 2.75) is 38.6 Å². The summed E-state index contributed by atoms with van der Waals surface area (Å²) in [6.45, 7) is 6.44. The number of anilines is 1. The number of halogens is 1. The second kappa shape index (κ2) is 13.3. The number of carbonyl (C=O) groups is 2. The van der Waals surface area contributed by atoms with E-state index >= 15 is 0 Å². The number of rotatable bonds is 9. The van der Waals surface area contributed by atoms with Gasteiger partial charge in [0.15, 0.2) is 5.82 Å². The summed E-state index contributed by atoms with van der Waals surface area (Å²) < 4.78 is 14.9. The predicted octanol–water partition coefficient (Wildman–Crippen LogP) is 3.37. The molecule has 41 heavy (non-hydrogen) atoms. The minimum absolute atomic E-state index is 0.0122. The van der Waals surface area contributed by atoms with Crippen molar-refractivity contribution in [2.75, 3.05) is 44.6 Å². The van der Waals surface area contributed by atoms with Crippen LogP contribution in [0.5, 0.6) is 0 Å². The highest BCUT2D eigenvalue weighted by molar-refractivity contribution is 5.90. The van der Waals surface area contributed by atoms with Crippen molar-refractivity contribution < 1.29 is 14.0 Å². The lowest BCUT2D eigenvalue weighted by Crippen LogP contribution is -2.56. The second-order valence-electron chi connectivity index (χ2n) is 11.5. The number of nitrogens with zero attached hydrogens (tertiary/aromatic N) is 6. The van der Waals surface area contributed by atoms with E-state index in [1.807, 2.05) is 36.4 Å². The highest BCUT2D eigenvalue weighted by Crippen LogP contribution is 2.25. The first kappa shape index (κ1) is 28.8. The van der Waals surface area contributed by atoms with Gasteiger partial charge < -0.3 is 15.5 Å². The first-order valence-corrected chi connectivity index (χ1v) is 14.4. The summed E-state index contributed by atoms with van der Waals surface area (Å²) in [5, 5.41) is 17.8. The Morgan fingerprint density at radius 2 is 1.88 bits per heavy atom. The molecule has 3 aromatic rings. The van der Waals surface area contributed by atoms with Crippen molar-refractivity contribution in [3.05, 3.63) is 59.9 Å². The largest absolute Gasteiger partial charge is 0.335 e. The van der Waals surface area contributed by atoms with Gasteiger partial charge in [-0.3, -0.25) is 9.69 Å². The molecule has 2 aliphatic rings. The van der Waals surface area contributed by atoms with Gasteiger partial charge in [0, 0.05) is 56.4 Å². The quantitative estimate of drug-likeness (QED) is 0.412. The lowest BCUT2D eigenvalue weighted by molar-refractivity contribution is -0.118. The summed E-state index contributed by atoms with van der Waals surface area (Å²) >= 11 is 0. The normalized spacial score (nSPS) is 21.9. The average molecular weight is 563 g/mol. The van der Waals surface area contributed by atoms with Gasteiger partial charge in [0.2, 0.25) is 0 Å². The SMILES string of the molecule is CC(=O)CN1CC[C@@H](NC(=O)Nc2cccc(-c3nnnn3C)c2)[C@H](CN2CCCC(Cc3ccc(F)cc3)C2)C1. The first-order chi connectivity index (χ1) is 19.8. The first-order valence-electron chi connectivity index (χ1n) is 14.4. The van der Waals surface area contributed by atoms with E-state index in [0.717, 1.165) is 64.0 Å². The molecule has 0 bridgehead atoms. The molecule has 5 rings (SSSR count). The van der Waals surface area contributed by atoms with E-state index < -0.39 is 0 Å². The molecular weight excluding hydrogens is 523 g/mol. The maximum Gasteiger partial charge on any atom is 0.319 e. The molecule has 11 heteroatoms. The third kappa shape index (κ3) is 7.95. The Labute approximate surface area is 240 Å². The lowest BCUT2D eigenvalue weighted by Gasteiger charge is -2.42. The van der Waals surface area contributed by atoms with Gasteiger partial charge in [0.1, 0.15) is 11.6 Å². The molecule has 3 atom stereocenters. The Balaban J connectivity index is 1.22. The maximum atomic E-state index is 13.4. The number of amides is 2. The van der Waals surface area contributed by atoms with Crippen LogP contribution in [0, 0.1) is 17.7 Å². The number of urea groups is 1. The summed E-state index contributed by atoms with van der Waals surface area (Å²) in [5.74, 6) is 1.27. The third-order valence-corrected chi connectivity index (χ3v) is 8.11. The van der Waals surface area contributed by atoms with E-state index in [1.165, 1.54) is 17.7 Å². The van der Waals surface area contributed by atoms with Gasteiger partial charge in [-0.25, -0.2) is 13.9 Å². The van der Waals surface area contributed by atoms with Crippen LogP contribution in [0.15, 0.2) is 48.5 Å². The van der Waals surface area contributed by atoms with Crippen LogP contribution in [-0.2, 0) is 18.3 Å². The molecule has 1 aromatic heterocycles. The zero-order chi connectivity index (χ0) is 28.8. The van der Waals surface area contributed by atoms with Crippen LogP contribution in [0.2, 0.25) is 0 Å². The minimum Gasteiger partial charge on any atom is -0.335 e. The fraction of sp³-hybridized carbons (Fsp3) is 0.500. The van der Waals surface area contributed by atoms with E-state index in [2.05, 4.69) is 36.0 Å². The van der Waals surface area contributed by atoms with Gasteiger partial charge in [0.25, 0.3) is 0 Å². The van der Waals surface area contributed by atoms with Crippen molar-refractivity contribution in [1.29, 1.82) is 0 Å². The Bertz CT molecular complexity index is 1330. The van der Waals surface area contributed by atoms with E-state index in [0.29, 0.717) is 24.0 Å². The Morgan fingerprint density at radius 1 is 1.05 bits per heavy atom. The number of hydrogen-bond donors (Lipinski definition) is 2. The second-order valence-corrected chi connectivity index (χ2v) is 11.5. The topological polar surface area (TPSA) is 108 Å². The smallest absolute Gasteiger partial charge is 0.319 e.